The Balaban J connectivity index is 2.40. The highest BCUT2D eigenvalue weighted by molar-refractivity contribution is 8.00. The number of ketones is 1. The van der Waals surface area contributed by atoms with Gasteiger partial charge in [-0.05, 0) is 23.1 Å². The molecule has 0 N–H and O–H groups in total. The van der Waals surface area contributed by atoms with E-state index in [1.807, 2.05) is 5.38 Å². The molecule has 1 aromatic rings. The monoisotopic (exact) mass is 248 g/mol. The SMILES string of the molecule is CC(C)CSCC(=O)c1sccc1Cl. The molecule has 1 rings (SSSR count). The largest absolute Gasteiger partial charge is 0.292 e. The van der Waals surface area contributed by atoms with Crippen LogP contribution in [0.3, 0.4) is 0 Å². The molecule has 0 saturated carbocycles. The van der Waals surface area contributed by atoms with Gasteiger partial charge in [0.2, 0.25) is 0 Å². The van der Waals surface area contributed by atoms with Crippen LogP contribution in [0.2, 0.25) is 5.02 Å². The number of thioether (sulfide) groups is 1. The number of hydrogen-bond acceptors (Lipinski definition) is 3. The van der Waals surface area contributed by atoms with Gasteiger partial charge >= 0.3 is 0 Å². The minimum atomic E-state index is 0.149. The molecule has 0 fully saturated rings. The summed E-state index contributed by atoms with van der Waals surface area (Å²) in [4.78, 5) is 12.3. The Kier molecular flexibility index (Phi) is 4.99. The van der Waals surface area contributed by atoms with Gasteiger partial charge in [0.25, 0.3) is 0 Å². The molecule has 0 aliphatic rings. The second-order valence-electron chi connectivity index (χ2n) is 3.43. The molecule has 0 saturated heterocycles. The van der Waals surface area contributed by atoms with E-state index in [-0.39, 0.29) is 5.78 Å². The molecule has 0 unspecified atom stereocenters. The number of carbonyl (C=O) groups is 1. The van der Waals surface area contributed by atoms with Crippen LogP contribution in [0.15, 0.2) is 11.4 Å². The summed E-state index contributed by atoms with van der Waals surface area (Å²) in [5.74, 6) is 2.34. The maximum Gasteiger partial charge on any atom is 0.184 e. The fourth-order valence-electron chi connectivity index (χ4n) is 0.946. The molecule has 0 aromatic carbocycles. The summed E-state index contributed by atoms with van der Waals surface area (Å²) >= 11 is 8.95. The van der Waals surface area contributed by atoms with Gasteiger partial charge in [-0.2, -0.15) is 11.8 Å². The normalized spacial score (nSPS) is 10.9. The smallest absolute Gasteiger partial charge is 0.184 e. The Labute approximate surface area is 97.8 Å². The Bertz CT molecular complexity index is 307. The molecule has 14 heavy (non-hydrogen) atoms. The van der Waals surface area contributed by atoms with Gasteiger partial charge in [-0.15, -0.1) is 11.3 Å². The Hall–Kier alpha value is 0.01000. The lowest BCUT2D eigenvalue weighted by molar-refractivity contribution is 0.102. The van der Waals surface area contributed by atoms with Crippen LogP contribution in [0, 0.1) is 5.92 Å². The van der Waals surface area contributed by atoms with Gasteiger partial charge in [0.05, 0.1) is 15.7 Å². The van der Waals surface area contributed by atoms with E-state index in [4.69, 9.17) is 11.6 Å². The summed E-state index contributed by atoms with van der Waals surface area (Å²) in [5.41, 5.74) is 0. The summed E-state index contributed by atoms with van der Waals surface area (Å²) in [6.07, 6.45) is 0. The van der Waals surface area contributed by atoms with E-state index in [0.29, 0.717) is 21.6 Å². The van der Waals surface area contributed by atoms with E-state index in [1.165, 1.54) is 11.3 Å². The summed E-state index contributed by atoms with van der Waals surface area (Å²) in [6, 6.07) is 1.77. The predicted octanol–water partition coefficient (Wildman–Crippen LogP) is 3.97. The van der Waals surface area contributed by atoms with Crippen molar-refractivity contribution < 1.29 is 4.79 Å². The molecule has 78 valence electrons. The zero-order valence-electron chi connectivity index (χ0n) is 8.25. The third kappa shape index (κ3) is 3.64. The third-order valence-corrected chi connectivity index (χ3v) is 4.31. The lowest BCUT2D eigenvalue weighted by Gasteiger charge is -2.02. The Morgan fingerprint density at radius 2 is 2.36 bits per heavy atom. The van der Waals surface area contributed by atoms with Crippen molar-refractivity contribution >= 4 is 40.5 Å². The van der Waals surface area contributed by atoms with Crippen LogP contribution in [0.1, 0.15) is 23.5 Å². The van der Waals surface area contributed by atoms with Crippen LogP contribution in [0.25, 0.3) is 0 Å². The maximum atomic E-state index is 11.6. The van der Waals surface area contributed by atoms with Crippen molar-refractivity contribution in [1.82, 2.24) is 0 Å². The molecule has 4 heteroatoms. The van der Waals surface area contributed by atoms with Gasteiger partial charge in [-0.1, -0.05) is 25.4 Å². The molecular formula is C10H13ClOS2. The van der Waals surface area contributed by atoms with Crippen LogP contribution >= 0.6 is 34.7 Å². The molecule has 0 atom stereocenters. The van der Waals surface area contributed by atoms with Crippen LogP contribution in [0.5, 0.6) is 0 Å². The minimum Gasteiger partial charge on any atom is -0.292 e. The first-order chi connectivity index (χ1) is 6.61. The van der Waals surface area contributed by atoms with Gasteiger partial charge < -0.3 is 0 Å². The molecule has 0 amide bonds. The van der Waals surface area contributed by atoms with Crippen molar-refractivity contribution in [3.05, 3.63) is 21.3 Å². The molecule has 1 heterocycles. The van der Waals surface area contributed by atoms with E-state index in [2.05, 4.69) is 13.8 Å². The molecule has 0 aliphatic carbocycles. The average Bonchev–Trinajstić information content (AvgIpc) is 2.50. The van der Waals surface area contributed by atoms with Crippen molar-refractivity contribution in [1.29, 1.82) is 0 Å². The highest BCUT2D eigenvalue weighted by Crippen LogP contribution is 2.23. The number of halogens is 1. The summed E-state index contributed by atoms with van der Waals surface area (Å²) in [7, 11) is 0. The Morgan fingerprint density at radius 1 is 1.64 bits per heavy atom. The van der Waals surface area contributed by atoms with Crippen molar-refractivity contribution in [2.45, 2.75) is 13.8 Å². The third-order valence-electron chi connectivity index (χ3n) is 1.55. The number of carbonyl (C=O) groups excluding carboxylic acids is 1. The van der Waals surface area contributed by atoms with E-state index >= 15 is 0 Å². The second-order valence-corrected chi connectivity index (χ2v) is 5.78. The molecular weight excluding hydrogens is 236 g/mol. The summed E-state index contributed by atoms with van der Waals surface area (Å²) < 4.78 is 0. The molecule has 0 radical (unpaired) electrons. The first-order valence-corrected chi connectivity index (χ1v) is 6.86. The highest BCUT2D eigenvalue weighted by atomic mass is 35.5. The van der Waals surface area contributed by atoms with Gasteiger partial charge in [0, 0.05) is 0 Å². The lowest BCUT2D eigenvalue weighted by Crippen LogP contribution is -2.02. The van der Waals surface area contributed by atoms with Crippen molar-refractivity contribution in [2.24, 2.45) is 5.92 Å². The summed E-state index contributed by atoms with van der Waals surface area (Å²) in [6.45, 7) is 4.30. The minimum absolute atomic E-state index is 0.149. The van der Waals surface area contributed by atoms with Crippen LogP contribution in [-0.4, -0.2) is 17.3 Å². The molecule has 0 bridgehead atoms. The van der Waals surface area contributed by atoms with Gasteiger partial charge in [-0.3, -0.25) is 4.79 Å². The maximum absolute atomic E-state index is 11.6. The Morgan fingerprint density at radius 3 is 2.86 bits per heavy atom. The first-order valence-electron chi connectivity index (χ1n) is 4.45. The molecule has 1 nitrogen and oxygen atoms in total. The average molecular weight is 249 g/mol. The van der Waals surface area contributed by atoms with Crippen LogP contribution in [0.4, 0.5) is 0 Å². The fourth-order valence-corrected chi connectivity index (χ4v) is 3.06. The fraction of sp³-hybridized carbons (Fsp3) is 0.500. The quantitative estimate of drug-likeness (QED) is 0.734. The number of Topliss-reactive ketones (excluding diaryl/α,β-unsaturated/α-hetero) is 1. The number of rotatable bonds is 5. The van der Waals surface area contributed by atoms with E-state index in [9.17, 15) is 4.79 Å². The van der Waals surface area contributed by atoms with Crippen molar-refractivity contribution in [3.63, 3.8) is 0 Å². The van der Waals surface area contributed by atoms with E-state index in [0.717, 1.165) is 5.75 Å². The van der Waals surface area contributed by atoms with Gasteiger partial charge in [-0.25, -0.2) is 0 Å². The van der Waals surface area contributed by atoms with Gasteiger partial charge in [0.1, 0.15) is 0 Å². The first kappa shape index (κ1) is 12.1. The van der Waals surface area contributed by atoms with Crippen molar-refractivity contribution in [2.75, 3.05) is 11.5 Å². The van der Waals surface area contributed by atoms with E-state index in [1.54, 1.807) is 17.8 Å². The zero-order chi connectivity index (χ0) is 10.6. The van der Waals surface area contributed by atoms with Crippen LogP contribution in [-0.2, 0) is 0 Å². The standard InChI is InChI=1S/C10H13ClOS2/c1-7(2)5-13-6-9(12)10-8(11)3-4-14-10/h3-4,7H,5-6H2,1-2H3. The lowest BCUT2D eigenvalue weighted by atomic mass is 10.3. The molecule has 0 spiro atoms. The topological polar surface area (TPSA) is 17.1 Å². The van der Waals surface area contributed by atoms with Crippen molar-refractivity contribution in [3.8, 4) is 0 Å². The number of thiophene rings is 1. The molecule has 0 aliphatic heterocycles. The zero-order valence-corrected chi connectivity index (χ0v) is 10.6. The van der Waals surface area contributed by atoms with E-state index < -0.39 is 0 Å². The molecule has 1 aromatic heterocycles. The summed E-state index contributed by atoms with van der Waals surface area (Å²) in [5, 5.41) is 2.44. The van der Waals surface area contributed by atoms with Crippen LogP contribution < -0.4 is 0 Å². The number of hydrogen-bond donors (Lipinski definition) is 0. The highest BCUT2D eigenvalue weighted by Gasteiger charge is 2.11. The van der Waals surface area contributed by atoms with Gasteiger partial charge in [0.15, 0.2) is 5.78 Å². The second kappa shape index (κ2) is 5.79. The predicted molar refractivity (Wildman–Crippen MR) is 65.8 cm³/mol.